The van der Waals surface area contributed by atoms with E-state index in [9.17, 15) is 4.79 Å². The monoisotopic (exact) mass is 268 g/mol. The Morgan fingerprint density at radius 2 is 1.39 bits per heavy atom. The van der Waals surface area contributed by atoms with Crippen LogP contribution >= 0.6 is 0 Å². The molecule has 0 aromatic heterocycles. The lowest BCUT2D eigenvalue weighted by atomic mass is 10.0. The molecule has 0 aromatic rings. The highest BCUT2D eigenvalue weighted by atomic mass is 16.4. The Labute approximate surface area is 106 Å². The number of aliphatic hydroxyl groups excluding tert-OH is 5. The SMILES string of the molecule is NCCCCN.O=C[C@H](O)[C@@H](O)[C@H](O)[C@H](O)CO. The lowest BCUT2D eigenvalue weighted by molar-refractivity contribution is -0.136. The molecular formula is C10H24N2O6. The number of carbonyl (C=O) groups excluding carboxylic acids is 1. The van der Waals surface area contributed by atoms with Gasteiger partial charge in [-0.25, -0.2) is 0 Å². The molecule has 0 spiro atoms. The first-order valence-electron chi connectivity index (χ1n) is 5.64. The summed E-state index contributed by atoms with van der Waals surface area (Å²) in [5.41, 5.74) is 10.3. The normalized spacial score (nSPS) is 17.1. The number of nitrogens with two attached hydrogens (primary N) is 2. The van der Waals surface area contributed by atoms with Crippen LogP contribution in [0.2, 0.25) is 0 Å². The summed E-state index contributed by atoms with van der Waals surface area (Å²) >= 11 is 0. The van der Waals surface area contributed by atoms with E-state index in [1.165, 1.54) is 0 Å². The molecule has 0 aromatic carbocycles. The Hall–Kier alpha value is -0.610. The van der Waals surface area contributed by atoms with Gasteiger partial charge < -0.3 is 41.8 Å². The van der Waals surface area contributed by atoms with E-state index < -0.39 is 31.0 Å². The molecule has 110 valence electrons. The zero-order valence-corrected chi connectivity index (χ0v) is 10.2. The molecule has 0 radical (unpaired) electrons. The Morgan fingerprint density at radius 1 is 0.944 bits per heavy atom. The second-order valence-corrected chi connectivity index (χ2v) is 3.64. The van der Waals surface area contributed by atoms with E-state index in [2.05, 4.69) is 0 Å². The van der Waals surface area contributed by atoms with Crippen LogP contribution in [0.4, 0.5) is 0 Å². The molecular weight excluding hydrogens is 244 g/mol. The van der Waals surface area contributed by atoms with Crippen LogP contribution in [0.25, 0.3) is 0 Å². The number of unbranched alkanes of at least 4 members (excludes halogenated alkanes) is 1. The molecule has 0 rings (SSSR count). The van der Waals surface area contributed by atoms with Gasteiger partial charge in [-0.1, -0.05) is 0 Å². The topological polar surface area (TPSA) is 170 Å². The van der Waals surface area contributed by atoms with Crippen molar-refractivity contribution < 1.29 is 30.3 Å². The molecule has 8 heteroatoms. The summed E-state index contributed by atoms with van der Waals surface area (Å²) in [6.07, 6.45) is -4.71. The van der Waals surface area contributed by atoms with Gasteiger partial charge in [0.15, 0.2) is 6.29 Å². The molecule has 18 heavy (non-hydrogen) atoms. The first kappa shape index (κ1) is 19.7. The minimum absolute atomic E-state index is 0.0258. The highest BCUT2D eigenvalue weighted by Crippen LogP contribution is 2.02. The van der Waals surface area contributed by atoms with Crippen LogP contribution in [0, 0.1) is 0 Å². The van der Waals surface area contributed by atoms with Crippen molar-refractivity contribution in [2.24, 2.45) is 11.5 Å². The van der Waals surface area contributed by atoms with Gasteiger partial charge in [0.2, 0.25) is 0 Å². The largest absolute Gasteiger partial charge is 0.394 e. The van der Waals surface area contributed by atoms with Crippen molar-refractivity contribution in [3.63, 3.8) is 0 Å². The van der Waals surface area contributed by atoms with Gasteiger partial charge in [0.05, 0.1) is 6.61 Å². The van der Waals surface area contributed by atoms with E-state index >= 15 is 0 Å². The number of carbonyl (C=O) groups is 1. The average molecular weight is 268 g/mol. The minimum Gasteiger partial charge on any atom is -0.394 e. The van der Waals surface area contributed by atoms with Crippen molar-refractivity contribution in [1.82, 2.24) is 0 Å². The predicted molar refractivity (Wildman–Crippen MR) is 64.5 cm³/mol. The number of aliphatic hydroxyl groups is 5. The predicted octanol–water partition coefficient (Wildman–Crippen LogP) is -3.69. The summed E-state index contributed by atoms with van der Waals surface area (Å²) in [5.74, 6) is 0. The Morgan fingerprint density at radius 3 is 1.67 bits per heavy atom. The Kier molecular flexibility index (Phi) is 14.1. The van der Waals surface area contributed by atoms with Gasteiger partial charge in [0.25, 0.3) is 0 Å². The van der Waals surface area contributed by atoms with Gasteiger partial charge in [-0.15, -0.1) is 0 Å². The molecule has 8 nitrogen and oxygen atoms in total. The van der Waals surface area contributed by atoms with Crippen LogP contribution in [0.15, 0.2) is 0 Å². The van der Waals surface area contributed by atoms with Crippen LogP contribution in [0.1, 0.15) is 12.8 Å². The van der Waals surface area contributed by atoms with Crippen LogP contribution in [0.3, 0.4) is 0 Å². The quantitative estimate of drug-likeness (QED) is 0.174. The number of hydrogen-bond acceptors (Lipinski definition) is 8. The fraction of sp³-hybridized carbons (Fsp3) is 0.900. The number of aldehydes is 1. The van der Waals surface area contributed by atoms with Gasteiger partial charge >= 0.3 is 0 Å². The van der Waals surface area contributed by atoms with Crippen molar-refractivity contribution in [3.8, 4) is 0 Å². The first-order chi connectivity index (χ1) is 8.45. The molecule has 0 amide bonds. The molecule has 0 bridgehead atoms. The molecule has 9 N–H and O–H groups in total. The Balaban J connectivity index is 0. The first-order valence-corrected chi connectivity index (χ1v) is 5.64. The molecule has 0 saturated heterocycles. The smallest absolute Gasteiger partial charge is 0.151 e. The minimum atomic E-state index is -1.79. The van der Waals surface area contributed by atoms with Crippen LogP contribution in [0.5, 0.6) is 0 Å². The summed E-state index contributed by atoms with van der Waals surface area (Å²) in [4.78, 5) is 9.90. The van der Waals surface area contributed by atoms with E-state index in [-0.39, 0.29) is 6.29 Å². The maximum Gasteiger partial charge on any atom is 0.151 e. The van der Waals surface area contributed by atoms with Gasteiger partial charge in [0, 0.05) is 0 Å². The van der Waals surface area contributed by atoms with Crippen molar-refractivity contribution >= 4 is 6.29 Å². The summed E-state index contributed by atoms with van der Waals surface area (Å²) in [6, 6.07) is 0. The zero-order valence-electron chi connectivity index (χ0n) is 10.2. The van der Waals surface area contributed by atoms with Crippen molar-refractivity contribution in [3.05, 3.63) is 0 Å². The van der Waals surface area contributed by atoms with Gasteiger partial charge in [0.1, 0.15) is 24.4 Å². The van der Waals surface area contributed by atoms with Crippen LogP contribution in [-0.2, 0) is 4.79 Å². The van der Waals surface area contributed by atoms with Gasteiger partial charge in [-0.3, -0.25) is 0 Å². The average Bonchev–Trinajstić information content (AvgIpc) is 2.42. The highest BCUT2D eigenvalue weighted by Gasteiger charge is 2.29. The molecule has 0 aliphatic rings. The van der Waals surface area contributed by atoms with E-state index in [4.69, 9.17) is 37.0 Å². The van der Waals surface area contributed by atoms with Crippen molar-refractivity contribution in [2.45, 2.75) is 37.3 Å². The standard InChI is InChI=1S/C6H12O6.C4H12N2/c7-1-3(9)5(11)6(12)4(10)2-8;5-3-1-2-4-6/h1,3-6,8-12H,2H2;1-6H2/t3-,4+,5+,6+;/m0./s1. The fourth-order valence-corrected chi connectivity index (χ4v) is 0.907. The third kappa shape index (κ3) is 9.42. The van der Waals surface area contributed by atoms with Crippen molar-refractivity contribution in [2.75, 3.05) is 19.7 Å². The second kappa shape index (κ2) is 12.8. The molecule has 0 saturated carbocycles. The van der Waals surface area contributed by atoms with Crippen molar-refractivity contribution in [1.29, 1.82) is 0 Å². The molecule has 0 aliphatic heterocycles. The lowest BCUT2D eigenvalue weighted by Crippen LogP contribution is -2.46. The summed E-state index contributed by atoms with van der Waals surface area (Å²) in [7, 11) is 0. The number of rotatable bonds is 8. The highest BCUT2D eigenvalue weighted by molar-refractivity contribution is 5.56. The summed E-state index contributed by atoms with van der Waals surface area (Å²) in [5, 5.41) is 43.5. The van der Waals surface area contributed by atoms with Gasteiger partial charge in [-0.05, 0) is 25.9 Å². The molecule has 0 fully saturated rings. The third-order valence-electron chi connectivity index (χ3n) is 2.08. The van der Waals surface area contributed by atoms with E-state index in [0.29, 0.717) is 0 Å². The van der Waals surface area contributed by atoms with Gasteiger partial charge in [-0.2, -0.15) is 0 Å². The second-order valence-electron chi connectivity index (χ2n) is 3.64. The summed E-state index contributed by atoms with van der Waals surface area (Å²) in [6.45, 7) is 0.790. The molecule has 4 atom stereocenters. The van der Waals surface area contributed by atoms with E-state index in [1.807, 2.05) is 0 Å². The van der Waals surface area contributed by atoms with E-state index in [0.717, 1.165) is 25.9 Å². The molecule has 0 aliphatic carbocycles. The molecule has 0 unspecified atom stereocenters. The summed E-state index contributed by atoms with van der Waals surface area (Å²) < 4.78 is 0. The number of hydrogen-bond donors (Lipinski definition) is 7. The maximum absolute atomic E-state index is 9.90. The van der Waals surface area contributed by atoms with Crippen LogP contribution < -0.4 is 11.5 Å². The zero-order chi connectivity index (χ0) is 14.6. The fourth-order valence-electron chi connectivity index (χ4n) is 0.907. The maximum atomic E-state index is 9.90. The van der Waals surface area contributed by atoms with Crippen LogP contribution in [-0.4, -0.2) is 75.9 Å². The molecule has 0 heterocycles. The van der Waals surface area contributed by atoms with E-state index in [1.54, 1.807) is 0 Å². The lowest BCUT2D eigenvalue weighted by Gasteiger charge is -2.22. The Bertz CT molecular complexity index is 191. The third-order valence-corrected chi connectivity index (χ3v) is 2.08.